The zero-order chi connectivity index (χ0) is 11.1. The highest BCUT2D eigenvalue weighted by Crippen LogP contribution is 2.09. The molecule has 1 aromatic carbocycles. The molecule has 0 radical (unpaired) electrons. The number of rotatable bonds is 5. The first kappa shape index (κ1) is 12.0. The van der Waals surface area contributed by atoms with Gasteiger partial charge in [0.05, 0.1) is 0 Å². The second-order valence-corrected chi connectivity index (χ2v) is 3.48. The zero-order valence-corrected chi connectivity index (χ0v) is 9.38. The van der Waals surface area contributed by atoms with Gasteiger partial charge in [0.25, 0.3) is 0 Å². The van der Waals surface area contributed by atoms with E-state index in [4.69, 9.17) is 16.3 Å². The molecule has 82 valence electrons. The summed E-state index contributed by atoms with van der Waals surface area (Å²) in [6.07, 6.45) is 0. The van der Waals surface area contributed by atoms with Crippen molar-refractivity contribution < 1.29 is 9.53 Å². The van der Waals surface area contributed by atoms with Crippen LogP contribution in [0.5, 0.6) is 0 Å². The molecule has 0 aliphatic carbocycles. The average Bonchev–Trinajstić information content (AvgIpc) is 2.23. The highest BCUT2D eigenvalue weighted by Gasteiger charge is 2.00. The van der Waals surface area contributed by atoms with E-state index in [0.717, 1.165) is 5.56 Å². The van der Waals surface area contributed by atoms with Gasteiger partial charge in [-0.05, 0) is 24.6 Å². The molecule has 0 heterocycles. The van der Waals surface area contributed by atoms with Crippen LogP contribution in [-0.2, 0) is 16.1 Å². The van der Waals surface area contributed by atoms with E-state index in [9.17, 15) is 4.79 Å². The van der Waals surface area contributed by atoms with Gasteiger partial charge in [0.2, 0.25) is 5.91 Å². The normalized spacial score (nSPS) is 10.0. The van der Waals surface area contributed by atoms with Crippen LogP contribution in [0.2, 0.25) is 5.02 Å². The third kappa shape index (κ3) is 4.81. The van der Waals surface area contributed by atoms with Crippen molar-refractivity contribution in [3.63, 3.8) is 0 Å². The molecule has 0 fully saturated rings. The Bertz CT molecular complexity index is 328. The predicted molar refractivity (Wildman–Crippen MR) is 59.8 cm³/mol. The molecule has 15 heavy (non-hydrogen) atoms. The molecule has 0 aliphatic rings. The molecule has 0 bridgehead atoms. The molecule has 1 amide bonds. The molecule has 0 spiro atoms. The van der Waals surface area contributed by atoms with Gasteiger partial charge in [-0.15, -0.1) is 0 Å². The zero-order valence-electron chi connectivity index (χ0n) is 8.63. The second kappa shape index (κ2) is 6.43. The molecule has 0 saturated carbocycles. The lowest BCUT2D eigenvalue weighted by Crippen LogP contribution is -2.27. The van der Waals surface area contributed by atoms with Gasteiger partial charge < -0.3 is 10.1 Å². The SMILES string of the molecule is CCOCC(=O)NCc1cccc(Cl)c1. The van der Waals surface area contributed by atoms with Crippen LogP contribution in [0.3, 0.4) is 0 Å². The summed E-state index contributed by atoms with van der Waals surface area (Å²) in [4.78, 5) is 11.2. The summed E-state index contributed by atoms with van der Waals surface area (Å²) >= 11 is 5.81. The van der Waals surface area contributed by atoms with E-state index in [1.165, 1.54) is 0 Å². The number of hydrogen-bond donors (Lipinski definition) is 1. The number of benzene rings is 1. The monoisotopic (exact) mass is 227 g/mol. The fourth-order valence-corrected chi connectivity index (χ4v) is 1.31. The number of carbonyl (C=O) groups excluding carboxylic acids is 1. The van der Waals surface area contributed by atoms with Crippen LogP contribution in [0.1, 0.15) is 12.5 Å². The molecule has 1 N–H and O–H groups in total. The van der Waals surface area contributed by atoms with Crippen LogP contribution in [0.4, 0.5) is 0 Å². The number of halogens is 1. The number of ether oxygens (including phenoxy) is 1. The molecule has 0 unspecified atom stereocenters. The third-order valence-corrected chi connectivity index (χ3v) is 2.05. The van der Waals surface area contributed by atoms with Crippen LogP contribution in [-0.4, -0.2) is 19.1 Å². The Morgan fingerprint density at radius 2 is 2.33 bits per heavy atom. The van der Waals surface area contributed by atoms with Crippen molar-refractivity contribution >= 4 is 17.5 Å². The standard InChI is InChI=1S/C11H14ClNO2/c1-2-15-8-11(14)13-7-9-4-3-5-10(12)6-9/h3-6H,2,7-8H2,1H3,(H,13,14). The van der Waals surface area contributed by atoms with E-state index in [1.54, 1.807) is 6.07 Å². The van der Waals surface area contributed by atoms with Gasteiger partial charge in [-0.25, -0.2) is 0 Å². The largest absolute Gasteiger partial charge is 0.372 e. The van der Waals surface area contributed by atoms with Crippen LogP contribution in [0.15, 0.2) is 24.3 Å². The van der Waals surface area contributed by atoms with E-state index >= 15 is 0 Å². The molecule has 0 aliphatic heterocycles. The summed E-state index contributed by atoms with van der Waals surface area (Å²) in [6.45, 7) is 2.98. The van der Waals surface area contributed by atoms with Gasteiger partial charge in [-0.2, -0.15) is 0 Å². The van der Waals surface area contributed by atoms with E-state index < -0.39 is 0 Å². The molecular weight excluding hydrogens is 214 g/mol. The quantitative estimate of drug-likeness (QED) is 0.836. The molecule has 1 aromatic rings. The Labute approximate surface area is 94.4 Å². The van der Waals surface area contributed by atoms with Gasteiger partial charge in [0.15, 0.2) is 0 Å². The van der Waals surface area contributed by atoms with E-state index in [1.807, 2.05) is 25.1 Å². The topological polar surface area (TPSA) is 38.3 Å². The molecular formula is C11H14ClNO2. The Morgan fingerprint density at radius 1 is 1.53 bits per heavy atom. The minimum atomic E-state index is -0.114. The minimum Gasteiger partial charge on any atom is -0.372 e. The molecule has 0 aromatic heterocycles. The maximum atomic E-state index is 11.2. The summed E-state index contributed by atoms with van der Waals surface area (Å²) in [7, 11) is 0. The van der Waals surface area contributed by atoms with Crippen LogP contribution in [0.25, 0.3) is 0 Å². The summed E-state index contributed by atoms with van der Waals surface area (Å²) in [5.41, 5.74) is 0.979. The fraction of sp³-hybridized carbons (Fsp3) is 0.364. The summed E-state index contributed by atoms with van der Waals surface area (Å²) in [6, 6.07) is 7.38. The second-order valence-electron chi connectivity index (χ2n) is 3.04. The predicted octanol–water partition coefficient (Wildman–Crippen LogP) is 1.99. The molecule has 1 rings (SSSR count). The molecule has 0 saturated heterocycles. The van der Waals surface area contributed by atoms with Crippen molar-refractivity contribution in [1.82, 2.24) is 5.32 Å². The van der Waals surface area contributed by atoms with Crippen molar-refractivity contribution in [2.75, 3.05) is 13.2 Å². The van der Waals surface area contributed by atoms with Crippen molar-refractivity contribution in [2.45, 2.75) is 13.5 Å². The Hall–Kier alpha value is -1.06. The maximum Gasteiger partial charge on any atom is 0.246 e. The lowest BCUT2D eigenvalue weighted by Gasteiger charge is -2.05. The van der Waals surface area contributed by atoms with Crippen molar-refractivity contribution in [2.24, 2.45) is 0 Å². The Balaban J connectivity index is 2.33. The first-order chi connectivity index (χ1) is 7.22. The lowest BCUT2D eigenvalue weighted by molar-refractivity contribution is -0.125. The summed E-state index contributed by atoms with van der Waals surface area (Å²) < 4.78 is 4.97. The van der Waals surface area contributed by atoms with Crippen molar-refractivity contribution in [1.29, 1.82) is 0 Å². The fourth-order valence-electron chi connectivity index (χ4n) is 1.09. The molecule has 0 atom stereocenters. The van der Waals surface area contributed by atoms with Crippen LogP contribution in [0, 0.1) is 0 Å². The lowest BCUT2D eigenvalue weighted by atomic mass is 10.2. The highest BCUT2D eigenvalue weighted by molar-refractivity contribution is 6.30. The number of amides is 1. The van der Waals surface area contributed by atoms with Crippen molar-refractivity contribution in [3.8, 4) is 0 Å². The first-order valence-corrected chi connectivity index (χ1v) is 5.19. The Morgan fingerprint density at radius 3 is 3.00 bits per heavy atom. The molecule has 3 nitrogen and oxygen atoms in total. The van der Waals surface area contributed by atoms with E-state index in [0.29, 0.717) is 18.2 Å². The summed E-state index contributed by atoms with van der Waals surface area (Å²) in [5.74, 6) is -0.114. The van der Waals surface area contributed by atoms with Gasteiger partial charge in [0.1, 0.15) is 6.61 Å². The van der Waals surface area contributed by atoms with Gasteiger partial charge >= 0.3 is 0 Å². The number of carbonyl (C=O) groups is 1. The van der Waals surface area contributed by atoms with E-state index in [2.05, 4.69) is 5.32 Å². The van der Waals surface area contributed by atoms with E-state index in [-0.39, 0.29) is 12.5 Å². The third-order valence-electron chi connectivity index (χ3n) is 1.82. The van der Waals surface area contributed by atoms with Gasteiger partial charge in [-0.3, -0.25) is 4.79 Å². The highest BCUT2D eigenvalue weighted by atomic mass is 35.5. The molecule has 4 heteroatoms. The number of hydrogen-bond acceptors (Lipinski definition) is 2. The Kier molecular flexibility index (Phi) is 5.15. The van der Waals surface area contributed by atoms with Crippen LogP contribution >= 0.6 is 11.6 Å². The van der Waals surface area contributed by atoms with Gasteiger partial charge in [0, 0.05) is 18.2 Å². The van der Waals surface area contributed by atoms with Crippen molar-refractivity contribution in [3.05, 3.63) is 34.9 Å². The minimum absolute atomic E-state index is 0.108. The summed E-state index contributed by atoms with van der Waals surface area (Å²) in [5, 5.41) is 3.41. The first-order valence-electron chi connectivity index (χ1n) is 4.81. The van der Waals surface area contributed by atoms with Crippen LogP contribution < -0.4 is 5.32 Å². The maximum absolute atomic E-state index is 11.2. The number of nitrogens with one attached hydrogen (secondary N) is 1. The smallest absolute Gasteiger partial charge is 0.246 e. The average molecular weight is 228 g/mol. The van der Waals surface area contributed by atoms with Gasteiger partial charge in [-0.1, -0.05) is 23.7 Å².